The topological polar surface area (TPSA) is 76.1 Å². The molecule has 6 nitrogen and oxygen atoms in total. The molecule has 0 spiro atoms. The number of aromatic nitrogens is 2. The average molecular weight is 292 g/mol. The van der Waals surface area contributed by atoms with Crippen molar-refractivity contribution in [1.29, 1.82) is 0 Å². The lowest BCUT2D eigenvalue weighted by Crippen LogP contribution is -2.29. The Morgan fingerprint density at radius 1 is 1.33 bits per heavy atom. The number of carbonyl (C=O) groups is 1. The number of amides is 1. The van der Waals surface area contributed by atoms with Gasteiger partial charge < -0.3 is 15.4 Å². The molecule has 0 aliphatic heterocycles. The van der Waals surface area contributed by atoms with Gasteiger partial charge in [-0.25, -0.2) is 4.98 Å². The van der Waals surface area contributed by atoms with Crippen LogP contribution in [0.4, 0.5) is 5.82 Å². The first-order valence-corrected chi connectivity index (χ1v) is 7.75. The predicted octanol–water partition coefficient (Wildman–Crippen LogP) is 1.99. The van der Waals surface area contributed by atoms with E-state index in [2.05, 4.69) is 27.5 Å². The van der Waals surface area contributed by atoms with Gasteiger partial charge in [-0.15, -0.1) is 0 Å². The van der Waals surface area contributed by atoms with Gasteiger partial charge in [0.15, 0.2) is 0 Å². The summed E-state index contributed by atoms with van der Waals surface area (Å²) in [5.74, 6) is 0.421. The van der Waals surface area contributed by atoms with Crippen LogP contribution in [0, 0.1) is 0 Å². The van der Waals surface area contributed by atoms with Crippen molar-refractivity contribution in [2.75, 3.05) is 25.0 Å². The van der Waals surface area contributed by atoms with Crippen molar-refractivity contribution in [3.63, 3.8) is 0 Å². The molecule has 2 N–H and O–H groups in total. The molecule has 6 heteroatoms. The van der Waals surface area contributed by atoms with Crippen LogP contribution in [0.3, 0.4) is 0 Å². The quantitative estimate of drug-likeness (QED) is 0.717. The van der Waals surface area contributed by atoms with Gasteiger partial charge in [0, 0.05) is 13.1 Å². The second-order valence-electron chi connectivity index (χ2n) is 5.25. The first kappa shape index (κ1) is 15.7. The van der Waals surface area contributed by atoms with E-state index in [4.69, 9.17) is 4.74 Å². The van der Waals surface area contributed by atoms with E-state index >= 15 is 0 Å². The summed E-state index contributed by atoms with van der Waals surface area (Å²) in [4.78, 5) is 20.2. The Hall–Kier alpha value is -1.69. The van der Waals surface area contributed by atoms with Crippen LogP contribution in [0.2, 0.25) is 0 Å². The van der Waals surface area contributed by atoms with Gasteiger partial charge in [0.05, 0.1) is 25.1 Å². The number of anilines is 1. The first-order valence-electron chi connectivity index (χ1n) is 7.75. The standard InChI is InChI=1S/C15H24N4O2/c1-2-7-17-14-11-16-10-13(19-14)15(20)18-8-9-21-12-5-3-4-6-12/h10-12H,2-9H2,1H3,(H,17,19)(H,18,20). The van der Waals surface area contributed by atoms with Crippen molar-refractivity contribution in [2.24, 2.45) is 0 Å². The summed E-state index contributed by atoms with van der Waals surface area (Å²) >= 11 is 0. The van der Waals surface area contributed by atoms with Gasteiger partial charge in [0.2, 0.25) is 0 Å². The average Bonchev–Trinajstić information content (AvgIpc) is 3.03. The molecule has 1 aromatic rings. The molecule has 1 heterocycles. The third-order valence-corrected chi connectivity index (χ3v) is 3.47. The molecule has 1 aliphatic carbocycles. The number of hydrogen-bond donors (Lipinski definition) is 2. The van der Waals surface area contributed by atoms with Gasteiger partial charge in [-0.1, -0.05) is 19.8 Å². The summed E-state index contributed by atoms with van der Waals surface area (Å²) in [6, 6.07) is 0. The lowest BCUT2D eigenvalue weighted by molar-refractivity contribution is 0.0581. The molecule has 1 saturated carbocycles. The summed E-state index contributed by atoms with van der Waals surface area (Å²) in [7, 11) is 0. The number of nitrogens with zero attached hydrogens (tertiary/aromatic N) is 2. The molecule has 0 aromatic carbocycles. The summed E-state index contributed by atoms with van der Waals surface area (Å²) in [6.45, 7) is 3.94. The molecule has 0 bridgehead atoms. The Morgan fingerprint density at radius 3 is 2.90 bits per heavy atom. The fourth-order valence-electron chi connectivity index (χ4n) is 2.35. The van der Waals surface area contributed by atoms with E-state index in [1.807, 2.05) is 0 Å². The van der Waals surface area contributed by atoms with E-state index in [9.17, 15) is 4.79 Å². The number of hydrogen-bond acceptors (Lipinski definition) is 5. The number of carbonyl (C=O) groups excluding carboxylic acids is 1. The molecule has 0 atom stereocenters. The van der Waals surface area contributed by atoms with E-state index < -0.39 is 0 Å². The fourth-order valence-corrected chi connectivity index (χ4v) is 2.35. The normalized spacial score (nSPS) is 15.1. The summed E-state index contributed by atoms with van der Waals surface area (Å²) in [6.07, 6.45) is 9.27. The molecule has 0 radical (unpaired) electrons. The zero-order valence-corrected chi connectivity index (χ0v) is 12.6. The van der Waals surface area contributed by atoms with Crippen LogP contribution in [-0.4, -0.2) is 41.7 Å². The molecule has 116 valence electrons. The molecule has 0 unspecified atom stereocenters. The Kier molecular flexibility index (Phi) is 6.40. The molecule has 1 aromatic heterocycles. The zero-order chi connectivity index (χ0) is 14.9. The summed E-state index contributed by atoms with van der Waals surface area (Å²) in [5.41, 5.74) is 0.331. The molecule has 0 saturated heterocycles. The highest BCUT2D eigenvalue weighted by atomic mass is 16.5. The number of nitrogens with one attached hydrogen (secondary N) is 2. The van der Waals surface area contributed by atoms with Crippen LogP contribution in [0.25, 0.3) is 0 Å². The fraction of sp³-hybridized carbons (Fsp3) is 0.667. The van der Waals surface area contributed by atoms with E-state index in [0.717, 1.165) is 25.8 Å². The van der Waals surface area contributed by atoms with Crippen molar-refractivity contribution in [3.8, 4) is 0 Å². The van der Waals surface area contributed by atoms with Gasteiger partial charge in [0.1, 0.15) is 11.5 Å². The van der Waals surface area contributed by atoms with Crippen LogP contribution >= 0.6 is 0 Å². The third kappa shape index (κ3) is 5.30. The molecule has 2 rings (SSSR count). The summed E-state index contributed by atoms with van der Waals surface area (Å²) < 4.78 is 5.70. The maximum Gasteiger partial charge on any atom is 0.271 e. The van der Waals surface area contributed by atoms with Crippen LogP contribution in [0.1, 0.15) is 49.5 Å². The van der Waals surface area contributed by atoms with Crippen molar-refractivity contribution in [3.05, 3.63) is 18.1 Å². The van der Waals surface area contributed by atoms with E-state index in [0.29, 0.717) is 30.8 Å². The molecular formula is C15H24N4O2. The van der Waals surface area contributed by atoms with Crippen molar-refractivity contribution < 1.29 is 9.53 Å². The second-order valence-corrected chi connectivity index (χ2v) is 5.25. The Morgan fingerprint density at radius 2 is 2.14 bits per heavy atom. The van der Waals surface area contributed by atoms with Crippen LogP contribution in [0.5, 0.6) is 0 Å². The largest absolute Gasteiger partial charge is 0.376 e. The smallest absolute Gasteiger partial charge is 0.271 e. The Balaban J connectivity index is 1.71. The van der Waals surface area contributed by atoms with E-state index in [1.54, 1.807) is 6.20 Å². The van der Waals surface area contributed by atoms with Crippen LogP contribution < -0.4 is 10.6 Å². The lowest BCUT2D eigenvalue weighted by Gasteiger charge is -2.11. The van der Waals surface area contributed by atoms with Gasteiger partial charge >= 0.3 is 0 Å². The second kappa shape index (κ2) is 8.56. The zero-order valence-electron chi connectivity index (χ0n) is 12.6. The number of rotatable bonds is 8. The SMILES string of the molecule is CCCNc1cncc(C(=O)NCCOC2CCCC2)n1. The van der Waals surface area contributed by atoms with Crippen molar-refractivity contribution in [1.82, 2.24) is 15.3 Å². The summed E-state index contributed by atoms with van der Waals surface area (Å²) in [5, 5.41) is 5.93. The molecule has 21 heavy (non-hydrogen) atoms. The minimum atomic E-state index is -0.210. The lowest BCUT2D eigenvalue weighted by atomic mass is 10.3. The monoisotopic (exact) mass is 292 g/mol. The maximum absolute atomic E-state index is 12.0. The highest BCUT2D eigenvalue weighted by Crippen LogP contribution is 2.20. The van der Waals surface area contributed by atoms with Crippen molar-refractivity contribution in [2.45, 2.75) is 45.1 Å². The minimum absolute atomic E-state index is 0.210. The molecular weight excluding hydrogens is 268 g/mol. The minimum Gasteiger partial charge on any atom is -0.376 e. The number of ether oxygens (including phenoxy) is 1. The van der Waals surface area contributed by atoms with E-state index in [1.165, 1.54) is 19.0 Å². The van der Waals surface area contributed by atoms with Gasteiger partial charge in [-0.2, -0.15) is 0 Å². The molecule has 1 fully saturated rings. The molecule has 1 amide bonds. The third-order valence-electron chi connectivity index (χ3n) is 3.47. The Bertz CT molecular complexity index is 447. The van der Waals surface area contributed by atoms with Gasteiger partial charge in [0.25, 0.3) is 5.91 Å². The van der Waals surface area contributed by atoms with Crippen LogP contribution in [-0.2, 0) is 4.74 Å². The first-order chi connectivity index (χ1) is 10.3. The highest BCUT2D eigenvalue weighted by Gasteiger charge is 2.15. The van der Waals surface area contributed by atoms with Crippen molar-refractivity contribution >= 4 is 11.7 Å². The highest BCUT2D eigenvalue weighted by molar-refractivity contribution is 5.92. The van der Waals surface area contributed by atoms with Crippen LogP contribution in [0.15, 0.2) is 12.4 Å². The predicted molar refractivity (Wildman–Crippen MR) is 81.4 cm³/mol. The molecule has 1 aliphatic rings. The van der Waals surface area contributed by atoms with Gasteiger partial charge in [-0.3, -0.25) is 9.78 Å². The maximum atomic E-state index is 12.0. The van der Waals surface area contributed by atoms with Gasteiger partial charge in [-0.05, 0) is 19.3 Å². The van der Waals surface area contributed by atoms with E-state index in [-0.39, 0.29) is 5.91 Å². The Labute approximate surface area is 125 Å².